The van der Waals surface area contributed by atoms with Gasteiger partial charge in [0.2, 0.25) is 5.91 Å². The molecule has 2 aromatic heterocycles. The van der Waals surface area contributed by atoms with Gasteiger partial charge in [-0.25, -0.2) is 15.0 Å². The molecule has 0 spiro atoms. The summed E-state index contributed by atoms with van der Waals surface area (Å²) in [7, 11) is 0. The number of nitrogens with one attached hydrogen (secondary N) is 2. The first kappa shape index (κ1) is 10.1. The second kappa shape index (κ2) is 4.40. The van der Waals surface area contributed by atoms with E-state index < -0.39 is 0 Å². The molecule has 0 aliphatic carbocycles. The summed E-state index contributed by atoms with van der Waals surface area (Å²) >= 11 is 0. The number of aromatic amines is 1. The van der Waals surface area contributed by atoms with Gasteiger partial charge in [-0.15, -0.1) is 0 Å². The molecule has 0 bridgehead atoms. The van der Waals surface area contributed by atoms with Crippen LogP contribution in [0.3, 0.4) is 0 Å². The molecule has 0 atom stereocenters. The zero-order chi connectivity index (χ0) is 11.4. The minimum atomic E-state index is -0.108. The number of aromatic nitrogens is 4. The Kier molecular flexibility index (Phi) is 2.78. The van der Waals surface area contributed by atoms with Crippen molar-refractivity contribution >= 4 is 17.1 Å². The SMILES string of the molecule is CC(=O)NCC#Cc1ncnc2nc[nH]c12. The Morgan fingerprint density at radius 1 is 1.50 bits per heavy atom. The number of imidazole rings is 1. The van der Waals surface area contributed by atoms with Crippen molar-refractivity contribution < 1.29 is 4.79 Å². The lowest BCUT2D eigenvalue weighted by Gasteiger charge is -1.92. The van der Waals surface area contributed by atoms with Gasteiger partial charge in [-0.1, -0.05) is 5.92 Å². The molecule has 1 amide bonds. The Balaban J connectivity index is 2.20. The topological polar surface area (TPSA) is 83.6 Å². The first-order valence-corrected chi connectivity index (χ1v) is 4.65. The maximum atomic E-state index is 10.6. The molecule has 80 valence electrons. The molecule has 0 aromatic carbocycles. The van der Waals surface area contributed by atoms with Gasteiger partial charge in [0, 0.05) is 6.92 Å². The van der Waals surface area contributed by atoms with Crippen LogP contribution in [0.4, 0.5) is 0 Å². The molecule has 0 saturated carbocycles. The fraction of sp³-hybridized carbons (Fsp3) is 0.200. The van der Waals surface area contributed by atoms with Crippen LogP contribution in [0.1, 0.15) is 12.6 Å². The van der Waals surface area contributed by atoms with Crippen LogP contribution in [-0.2, 0) is 4.79 Å². The Bertz CT molecular complexity index is 577. The average Bonchev–Trinajstić information content (AvgIpc) is 2.72. The molecule has 16 heavy (non-hydrogen) atoms. The van der Waals surface area contributed by atoms with E-state index in [2.05, 4.69) is 37.1 Å². The summed E-state index contributed by atoms with van der Waals surface area (Å²) in [5.41, 5.74) is 1.87. The molecule has 0 aliphatic heterocycles. The summed E-state index contributed by atoms with van der Waals surface area (Å²) in [5, 5.41) is 2.58. The molecule has 2 heterocycles. The third kappa shape index (κ3) is 2.15. The summed E-state index contributed by atoms with van der Waals surface area (Å²) < 4.78 is 0. The summed E-state index contributed by atoms with van der Waals surface area (Å²) in [5.74, 6) is 5.53. The number of rotatable bonds is 1. The van der Waals surface area contributed by atoms with E-state index in [1.807, 2.05) is 0 Å². The normalized spacial score (nSPS) is 9.56. The highest BCUT2D eigenvalue weighted by Gasteiger charge is 2.01. The monoisotopic (exact) mass is 215 g/mol. The molecule has 6 heteroatoms. The van der Waals surface area contributed by atoms with Gasteiger partial charge in [0.05, 0.1) is 12.9 Å². The largest absolute Gasteiger partial charge is 0.345 e. The van der Waals surface area contributed by atoms with Gasteiger partial charge in [0.1, 0.15) is 17.5 Å². The van der Waals surface area contributed by atoms with E-state index in [0.717, 1.165) is 0 Å². The highest BCUT2D eigenvalue weighted by Crippen LogP contribution is 2.06. The quantitative estimate of drug-likeness (QED) is 0.647. The van der Waals surface area contributed by atoms with Gasteiger partial charge in [0.15, 0.2) is 5.65 Å². The minimum Gasteiger partial charge on any atom is -0.345 e. The van der Waals surface area contributed by atoms with E-state index in [-0.39, 0.29) is 5.91 Å². The van der Waals surface area contributed by atoms with E-state index >= 15 is 0 Å². The Morgan fingerprint density at radius 2 is 2.38 bits per heavy atom. The van der Waals surface area contributed by atoms with Crippen molar-refractivity contribution in [2.24, 2.45) is 0 Å². The summed E-state index contributed by atoms with van der Waals surface area (Å²) in [6.07, 6.45) is 2.95. The standard InChI is InChI=1S/C10H9N5O/c1-7(16)11-4-2-3-8-9-10(14-5-12-8)15-6-13-9/h5-6H,4H2,1H3,(H,11,16)(H,12,13,14,15). The summed E-state index contributed by atoms with van der Waals surface area (Å²) in [4.78, 5) is 25.5. The van der Waals surface area contributed by atoms with Crippen molar-refractivity contribution in [3.05, 3.63) is 18.3 Å². The molecule has 0 unspecified atom stereocenters. The number of carbonyl (C=O) groups is 1. The van der Waals surface area contributed by atoms with Crippen molar-refractivity contribution in [3.63, 3.8) is 0 Å². The lowest BCUT2D eigenvalue weighted by molar-refractivity contribution is -0.118. The highest BCUT2D eigenvalue weighted by atomic mass is 16.1. The number of hydrogen-bond acceptors (Lipinski definition) is 4. The molecule has 2 rings (SSSR count). The van der Waals surface area contributed by atoms with Crippen molar-refractivity contribution in [2.75, 3.05) is 6.54 Å². The van der Waals surface area contributed by atoms with Crippen LogP contribution >= 0.6 is 0 Å². The van der Waals surface area contributed by atoms with Crippen molar-refractivity contribution in [3.8, 4) is 11.8 Å². The van der Waals surface area contributed by atoms with Gasteiger partial charge >= 0.3 is 0 Å². The summed E-state index contributed by atoms with van der Waals surface area (Å²) in [6, 6.07) is 0. The zero-order valence-electron chi connectivity index (χ0n) is 8.61. The number of H-pyrrole nitrogens is 1. The van der Waals surface area contributed by atoms with Crippen LogP contribution in [0.25, 0.3) is 11.2 Å². The molecular weight excluding hydrogens is 206 g/mol. The van der Waals surface area contributed by atoms with Gasteiger partial charge in [-0.05, 0) is 5.92 Å². The second-order valence-corrected chi connectivity index (χ2v) is 3.03. The van der Waals surface area contributed by atoms with E-state index in [0.29, 0.717) is 23.4 Å². The van der Waals surface area contributed by atoms with Crippen LogP contribution in [-0.4, -0.2) is 32.4 Å². The van der Waals surface area contributed by atoms with Gasteiger partial charge in [0.25, 0.3) is 0 Å². The van der Waals surface area contributed by atoms with Gasteiger partial charge in [-0.2, -0.15) is 0 Å². The molecule has 0 fully saturated rings. The molecule has 2 N–H and O–H groups in total. The van der Waals surface area contributed by atoms with Gasteiger partial charge in [-0.3, -0.25) is 4.79 Å². The van der Waals surface area contributed by atoms with E-state index in [4.69, 9.17) is 0 Å². The molecule has 0 saturated heterocycles. The van der Waals surface area contributed by atoms with Gasteiger partial charge < -0.3 is 10.3 Å². The number of hydrogen-bond donors (Lipinski definition) is 2. The van der Waals surface area contributed by atoms with Crippen molar-refractivity contribution in [2.45, 2.75) is 6.92 Å². The minimum absolute atomic E-state index is 0.108. The molecule has 0 radical (unpaired) electrons. The van der Waals surface area contributed by atoms with Crippen molar-refractivity contribution in [1.29, 1.82) is 0 Å². The Morgan fingerprint density at radius 3 is 3.19 bits per heavy atom. The first-order valence-electron chi connectivity index (χ1n) is 4.65. The fourth-order valence-electron chi connectivity index (χ4n) is 1.16. The van der Waals surface area contributed by atoms with Crippen molar-refractivity contribution in [1.82, 2.24) is 25.3 Å². The lowest BCUT2D eigenvalue weighted by atomic mass is 10.3. The first-order chi connectivity index (χ1) is 7.77. The number of nitrogens with zero attached hydrogens (tertiary/aromatic N) is 3. The molecule has 6 nitrogen and oxygen atoms in total. The number of fused-ring (bicyclic) bond motifs is 1. The number of amides is 1. The smallest absolute Gasteiger partial charge is 0.217 e. The Hall–Kier alpha value is -2.42. The lowest BCUT2D eigenvalue weighted by Crippen LogP contribution is -2.19. The molecular formula is C10H9N5O. The fourth-order valence-corrected chi connectivity index (χ4v) is 1.16. The predicted molar refractivity (Wildman–Crippen MR) is 57.2 cm³/mol. The maximum absolute atomic E-state index is 10.6. The van der Waals surface area contributed by atoms with Crippen LogP contribution in [0, 0.1) is 11.8 Å². The highest BCUT2D eigenvalue weighted by molar-refractivity contribution is 5.75. The Labute approximate surface area is 91.5 Å². The van der Waals surface area contributed by atoms with E-state index in [1.54, 1.807) is 6.33 Å². The maximum Gasteiger partial charge on any atom is 0.217 e. The van der Waals surface area contributed by atoms with Crippen LogP contribution < -0.4 is 5.32 Å². The third-order valence-electron chi connectivity index (χ3n) is 1.86. The molecule has 0 aliphatic rings. The number of carbonyl (C=O) groups excluding carboxylic acids is 1. The third-order valence-corrected chi connectivity index (χ3v) is 1.86. The van der Waals surface area contributed by atoms with Crippen LogP contribution in [0.2, 0.25) is 0 Å². The van der Waals surface area contributed by atoms with E-state index in [1.165, 1.54) is 13.3 Å². The van der Waals surface area contributed by atoms with Crippen LogP contribution in [0.15, 0.2) is 12.7 Å². The zero-order valence-corrected chi connectivity index (χ0v) is 8.61. The molecule has 2 aromatic rings. The van der Waals surface area contributed by atoms with E-state index in [9.17, 15) is 4.79 Å². The predicted octanol–water partition coefficient (Wildman–Crippen LogP) is -0.160. The average molecular weight is 215 g/mol. The second-order valence-electron chi connectivity index (χ2n) is 3.03. The summed E-state index contributed by atoms with van der Waals surface area (Å²) in [6.45, 7) is 1.74. The van der Waals surface area contributed by atoms with Crippen LogP contribution in [0.5, 0.6) is 0 Å².